The summed E-state index contributed by atoms with van der Waals surface area (Å²) in [7, 11) is 0. The van der Waals surface area contributed by atoms with Crippen molar-refractivity contribution in [2.75, 3.05) is 0 Å². The monoisotopic (exact) mass is 185 g/mol. The van der Waals surface area contributed by atoms with E-state index in [2.05, 4.69) is 0 Å². The fraction of sp³-hybridized carbons (Fsp3) is 0.222. The number of amides is 1. The first kappa shape index (κ1) is 11.0. The van der Waals surface area contributed by atoms with Crippen molar-refractivity contribution in [2.45, 2.75) is 13.3 Å². The molecule has 12 heavy (non-hydrogen) atoms. The van der Waals surface area contributed by atoms with Gasteiger partial charge in [-0.3, -0.25) is 4.79 Å². The largest absolute Gasteiger partial charge is 0.369 e. The SMILES string of the molecule is Cc1ccccc1CC(N)=O.Cl. The molecule has 0 unspecified atom stereocenters. The van der Waals surface area contributed by atoms with Crippen LogP contribution in [0.25, 0.3) is 0 Å². The van der Waals surface area contributed by atoms with Crippen LogP contribution in [-0.4, -0.2) is 5.91 Å². The van der Waals surface area contributed by atoms with Crippen LogP contribution in [0, 0.1) is 6.92 Å². The van der Waals surface area contributed by atoms with Gasteiger partial charge in [-0.1, -0.05) is 24.3 Å². The Labute approximate surface area is 78.2 Å². The van der Waals surface area contributed by atoms with Gasteiger partial charge in [-0.2, -0.15) is 0 Å². The standard InChI is InChI=1S/C9H11NO.ClH/c1-7-4-2-3-5-8(7)6-9(10)11;/h2-5H,6H2,1H3,(H2,10,11);1H. The van der Waals surface area contributed by atoms with E-state index < -0.39 is 0 Å². The summed E-state index contributed by atoms with van der Waals surface area (Å²) in [6, 6.07) is 7.74. The fourth-order valence-electron chi connectivity index (χ4n) is 0.996. The zero-order chi connectivity index (χ0) is 8.27. The van der Waals surface area contributed by atoms with E-state index in [1.165, 1.54) is 0 Å². The topological polar surface area (TPSA) is 43.1 Å². The number of primary amides is 1. The van der Waals surface area contributed by atoms with Crippen LogP contribution in [0.5, 0.6) is 0 Å². The highest BCUT2D eigenvalue weighted by Crippen LogP contribution is 2.06. The average Bonchev–Trinajstić information content (AvgIpc) is 1.93. The van der Waals surface area contributed by atoms with E-state index in [0.29, 0.717) is 6.42 Å². The number of halogens is 1. The summed E-state index contributed by atoms with van der Waals surface area (Å²) < 4.78 is 0. The lowest BCUT2D eigenvalue weighted by Crippen LogP contribution is -2.14. The Morgan fingerprint density at radius 2 is 2.00 bits per heavy atom. The summed E-state index contributed by atoms with van der Waals surface area (Å²) in [6.07, 6.45) is 0.340. The molecule has 0 saturated heterocycles. The smallest absolute Gasteiger partial charge is 0.221 e. The predicted octanol–water partition coefficient (Wildman–Crippen LogP) is 1.44. The maximum atomic E-state index is 10.5. The van der Waals surface area contributed by atoms with E-state index in [9.17, 15) is 4.79 Å². The van der Waals surface area contributed by atoms with Crippen LogP contribution in [0.2, 0.25) is 0 Å². The van der Waals surface area contributed by atoms with Gasteiger partial charge in [0.05, 0.1) is 6.42 Å². The molecular weight excluding hydrogens is 174 g/mol. The second-order valence-electron chi connectivity index (χ2n) is 2.57. The van der Waals surface area contributed by atoms with Gasteiger partial charge in [-0.15, -0.1) is 12.4 Å². The van der Waals surface area contributed by atoms with Gasteiger partial charge >= 0.3 is 0 Å². The van der Waals surface area contributed by atoms with E-state index in [4.69, 9.17) is 5.73 Å². The zero-order valence-electron chi connectivity index (χ0n) is 6.91. The molecule has 0 saturated carbocycles. The van der Waals surface area contributed by atoms with Crippen LogP contribution >= 0.6 is 12.4 Å². The number of rotatable bonds is 2. The van der Waals surface area contributed by atoms with Crippen LogP contribution < -0.4 is 5.73 Å². The number of nitrogens with two attached hydrogens (primary N) is 1. The first-order valence-electron chi connectivity index (χ1n) is 3.53. The highest BCUT2D eigenvalue weighted by Gasteiger charge is 1.99. The van der Waals surface area contributed by atoms with E-state index in [-0.39, 0.29) is 18.3 Å². The maximum absolute atomic E-state index is 10.5. The minimum absolute atomic E-state index is 0. The molecule has 1 amide bonds. The van der Waals surface area contributed by atoms with Gasteiger partial charge in [0.2, 0.25) is 5.91 Å². The van der Waals surface area contributed by atoms with Gasteiger partial charge in [0.1, 0.15) is 0 Å². The highest BCUT2D eigenvalue weighted by atomic mass is 35.5. The van der Waals surface area contributed by atoms with E-state index in [1.54, 1.807) is 0 Å². The molecule has 0 radical (unpaired) electrons. The van der Waals surface area contributed by atoms with Gasteiger partial charge in [0.25, 0.3) is 0 Å². The van der Waals surface area contributed by atoms with E-state index >= 15 is 0 Å². The first-order chi connectivity index (χ1) is 5.20. The molecule has 1 rings (SSSR count). The van der Waals surface area contributed by atoms with Gasteiger partial charge in [0.15, 0.2) is 0 Å². The summed E-state index contributed by atoms with van der Waals surface area (Å²) in [5, 5.41) is 0. The van der Waals surface area contributed by atoms with E-state index in [1.807, 2.05) is 31.2 Å². The minimum atomic E-state index is -0.278. The molecule has 1 aromatic rings. The molecular formula is C9H12ClNO. The number of carbonyl (C=O) groups is 1. The van der Waals surface area contributed by atoms with Crippen molar-refractivity contribution in [3.8, 4) is 0 Å². The summed E-state index contributed by atoms with van der Waals surface area (Å²) in [5.74, 6) is -0.278. The lowest BCUT2D eigenvalue weighted by Gasteiger charge is -2.00. The Hall–Kier alpha value is -1.02. The number of hydrogen-bond acceptors (Lipinski definition) is 1. The van der Waals surface area contributed by atoms with Crippen LogP contribution in [0.3, 0.4) is 0 Å². The first-order valence-corrected chi connectivity index (χ1v) is 3.53. The van der Waals surface area contributed by atoms with Crippen molar-refractivity contribution in [3.63, 3.8) is 0 Å². The lowest BCUT2D eigenvalue weighted by atomic mass is 10.1. The zero-order valence-corrected chi connectivity index (χ0v) is 7.73. The molecule has 0 fully saturated rings. The van der Waals surface area contributed by atoms with Gasteiger partial charge in [-0.05, 0) is 18.1 Å². The fourth-order valence-corrected chi connectivity index (χ4v) is 0.996. The van der Waals surface area contributed by atoms with Gasteiger partial charge < -0.3 is 5.73 Å². The minimum Gasteiger partial charge on any atom is -0.369 e. The molecule has 0 aliphatic rings. The normalized spacial score (nSPS) is 8.75. The summed E-state index contributed by atoms with van der Waals surface area (Å²) in [6.45, 7) is 1.97. The summed E-state index contributed by atoms with van der Waals surface area (Å²) >= 11 is 0. The van der Waals surface area contributed by atoms with Gasteiger partial charge in [0, 0.05) is 0 Å². The Balaban J connectivity index is 0.00000121. The van der Waals surface area contributed by atoms with Crippen molar-refractivity contribution < 1.29 is 4.79 Å². The second-order valence-corrected chi connectivity index (χ2v) is 2.57. The van der Waals surface area contributed by atoms with Gasteiger partial charge in [-0.25, -0.2) is 0 Å². The molecule has 66 valence electrons. The van der Waals surface area contributed by atoms with Crippen LogP contribution in [0.4, 0.5) is 0 Å². The van der Waals surface area contributed by atoms with Crippen molar-refractivity contribution in [2.24, 2.45) is 5.73 Å². The molecule has 0 aromatic heterocycles. The third-order valence-corrected chi connectivity index (χ3v) is 1.63. The Morgan fingerprint density at radius 3 is 2.50 bits per heavy atom. The summed E-state index contributed by atoms with van der Waals surface area (Å²) in [4.78, 5) is 10.5. The molecule has 0 aliphatic heterocycles. The van der Waals surface area contributed by atoms with Crippen molar-refractivity contribution in [3.05, 3.63) is 35.4 Å². The second kappa shape index (κ2) is 4.78. The number of aryl methyl sites for hydroxylation is 1. The van der Waals surface area contributed by atoms with E-state index in [0.717, 1.165) is 11.1 Å². The third-order valence-electron chi connectivity index (χ3n) is 1.63. The van der Waals surface area contributed by atoms with Crippen molar-refractivity contribution >= 4 is 18.3 Å². The van der Waals surface area contributed by atoms with Crippen LogP contribution in [0.15, 0.2) is 24.3 Å². The van der Waals surface area contributed by atoms with Crippen molar-refractivity contribution in [1.82, 2.24) is 0 Å². The lowest BCUT2D eigenvalue weighted by molar-refractivity contribution is -0.117. The number of carbonyl (C=O) groups excluding carboxylic acids is 1. The Morgan fingerprint density at radius 1 is 1.42 bits per heavy atom. The highest BCUT2D eigenvalue weighted by molar-refractivity contribution is 5.85. The molecule has 3 heteroatoms. The number of benzene rings is 1. The summed E-state index contributed by atoms with van der Waals surface area (Å²) in [5.41, 5.74) is 7.19. The quantitative estimate of drug-likeness (QED) is 0.745. The maximum Gasteiger partial charge on any atom is 0.221 e. The molecule has 0 bridgehead atoms. The number of hydrogen-bond donors (Lipinski definition) is 1. The predicted molar refractivity (Wildman–Crippen MR) is 51.3 cm³/mol. The average molecular weight is 186 g/mol. The van der Waals surface area contributed by atoms with Crippen LogP contribution in [0.1, 0.15) is 11.1 Å². The Kier molecular flexibility index (Phi) is 4.37. The molecule has 2 nitrogen and oxygen atoms in total. The van der Waals surface area contributed by atoms with Crippen molar-refractivity contribution in [1.29, 1.82) is 0 Å². The Bertz CT molecular complexity index is 273. The van der Waals surface area contributed by atoms with Crippen LogP contribution in [-0.2, 0) is 11.2 Å². The molecule has 1 aromatic carbocycles. The molecule has 0 spiro atoms. The molecule has 0 aliphatic carbocycles. The molecule has 0 heterocycles. The third kappa shape index (κ3) is 2.93. The molecule has 0 atom stereocenters. The molecule has 2 N–H and O–H groups in total.